The number of hydrogen-bond donors (Lipinski definition) is 5. The molecule has 0 bridgehead atoms. The predicted molar refractivity (Wildman–Crippen MR) is 134 cm³/mol. The third-order valence-electron chi connectivity index (χ3n) is 5.78. The number of nitrogens with two attached hydrogens (primary N) is 2. The molecule has 0 saturated heterocycles. The number of carbonyl (C=O) groups excluding carboxylic acids is 1. The minimum absolute atomic E-state index is 0. The van der Waals surface area contributed by atoms with E-state index in [0.29, 0.717) is 24.6 Å². The van der Waals surface area contributed by atoms with Gasteiger partial charge in [-0.3, -0.25) is 9.59 Å². The Morgan fingerprint density at radius 3 is 2.00 bits per heavy atom. The molecule has 8 nitrogen and oxygen atoms in total. The Kier molecular flexibility index (Phi) is 12.7. The molecule has 0 aliphatic heterocycles. The molecule has 1 amide bonds. The number of benzene rings is 2. The second-order valence-electron chi connectivity index (χ2n) is 8.35. The monoisotopic (exact) mass is 491 g/mol. The molecule has 0 aromatic heterocycles. The Morgan fingerprint density at radius 1 is 0.912 bits per heavy atom. The summed E-state index contributed by atoms with van der Waals surface area (Å²) in [6.45, 7) is 0.667. The van der Waals surface area contributed by atoms with Crippen LogP contribution >= 0.6 is 12.4 Å². The van der Waals surface area contributed by atoms with E-state index in [9.17, 15) is 19.5 Å². The second-order valence-corrected chi connectivity index (χ2v) is 8.35. The van der Waals surface area contributed by atoms with Crippen LogP contribution in [-0.4, -0.2) is 40.6 Å². The Morgan fingerprint density at radius 2 is 1.50 bits per heavy atom. The van der Waals surface area contributed by atoms with Gasteiger partial charge in [0.15, 0.2) is 0 Å². The van der Waals surface area contributed by atoms with Gasteiger partial charge in [0, 0.05) is 18.0 Å². The van der Waals surface area contributed by atoms with Gasteiger partial charge in [0.05, 0.1) is 6.42 Å². The van der Waals surface area contributed by atoms with Crippen LogP contribution in [-0.2, 0) is 27.2 Å². The average Bonchev–Trinajstić information content (AvgIpc) is 2.81. The highest BCUT2D eigenvalue weighted by Gasteiger charge is 2.29. The van der Waals surface area contributed by atoms with Crippen molar-refractivity contribution in [3.63, 3.8) is 0 Å². The first-order chi connectivity index (χ1) is 15.8. The van der Waals surface area contributed by atoms with Gasteiger partial charge < -0.3 is 27.0 Å². The summed E-state index contributed by atoms with van der Waals surface area (Å²) in [7, 11) is 0. The van der Waals surface area contributed by atoms with Crippen molar-refractivity contribution in [3.05, 3.63) is 65.7 Å². The summed E-state index contributed by atoms with van der Waals surface area (Å²) < 4.78 is 0. The third-order valence-corrected chi connectivity index (χ3v) is 5.78. The van der Waals surface area contributed by atoms with Crippen molar-refractivity contribution in [1.82, 2.24) is 5.32 Å². The molecule has 1 atom stereocenters. The van der Waals surface area contributed by atoms with Crippen LogP contribution in [0.4, 0.5) is 5.69 Å². The molecule has 2 aromatic carbocycles. The van der Waals surface area contributed by atoms with Crippen molar-refractivity contribution in [2.75, 3.05) is 12.3 Å². The molecule has 0 spiro atoms. The van der Waals surface area contributed by atoms with Crippen molar-refractivity contribution < 1.29 is 24.6 Å². The van der Waals surface area contributed by atoms with Gasteiger partial charge in [-0.15, -0.1) is 12.4 Å². The fourth-order valence-corrected chi connectivity index (χ4v) is 3.81. The molecule has 186 valence electrons. The first-order valence-electron chi connectivity index (χ1n) is 11.1. The van der Waals surface area contributed by atoms with E-state index in [2.05, 4.69) is 5.32 Å². The van der Waals surface area contributed by atoms with Crippen LogP contribution in [0, 0.1) is 11.8 Å². The molecule has 1 aliphatic rings. The van der Waals surface area contributed by atoms with Crippen molar-refractivity contribution in [1.29, 1.82) is 0 Å². The van der Waals surface area contributed by atoms with Crippen LogP contribution < -0.4 is 16.8 Å². The van der Waals surface area contributed by atoms with E-state index >= 15 is 0 Å². The number of carbonyl (C=O) groups is 3. The highest BCUT2D eigenvalue weighted by atomic mass is 35.5. The summed E-state index contributed by atoms with van der Waals surface area (Å²) >= 11 is 0. The molecule has 3 rings (SSSR count). The number of halogens is 1. The summed E-state index contributed by atoms with van der Waals surface area (Å²) in [5.41, 5.74) is 13.4. The van der Waals surface area contributed by atoms with E-state index in [-0.39, 0.29) is 30.7 Å². The highest BCUT2D eigenvalue weighted by molar-refractivity contribution is 5.85. The highest BCUT2D eigenvalue weighted by Crippen LogP contribution is 2.28. The van der Waals surface area contributed by atoms with Crippen LogP contribution in [0.15, 0.2) is 54.6 Å². The van der Waals surface area contributed by atoms with Crippen molar-refractivity contribution in [3.8, 4) is 0 Å². The summed E-state index contributed by atoms with van der Waals surface area (Å²) in [4.78, 5) is 33.9. The molecule has 1 aliphatic carbocycles. The fraction of sp³-hybridized carbons (Fsp3) is 0.400. The van der Waals surface area contributed by atoms with E-state index in [1.54, 1.807) is 24.3 Å². The predicted octanol–water partition coefficient (Wildman–Crippen LogP) is 2.88. The molecule has 2 aromatic rings. The lowest BCUT2D eigenvalue weighted by atomic mass is 9.81. The normalized spacial score (nSPS) is 17.8. The van der Waals surface area contributed by atoms with Gasteiger partial charge in [0.2, 0.25) is 5.91 Å². The molecule has 0 heterocycles. The van der Waals surface area contributed by atoms with Crippen LogP contribution in [0.1, 0.15) is 36.8 Å². The maximum absolute atomic E-state index is 12.3. The van der Waals surface area contributed by atoms with Crippen molar-refractivity contribution in [2.24, 2.45) is 17.6 Å². The van der Waals surface area contributed by atoms with Gasteiger partial charge in [-0.25, -0.2) is 4.79 Å². The number of aliphatic carboxylic acids is 2. The number of rotatable bonds is 8. The molecule has 34 heavy (non-hydrogen) atoms. The molecule has 1 fully saturated rings. The zero-order valence-electron chi connectivity index (χ0n) is 19.1. The smallest absolute Gasteiger partial charge is 0.326 e. The molecule has 0 radical (unpaired) electrons. The second kappa shape index (κ2) is 14.9. The average molecular weight is 492 g/mol. The van der Waals surface area contributed by atoms with E-state index in [1.807, 2.05) is 30.3 Å². The van der Waals surface area contributed by atoms with Gasteiger partial charge in [0.25, 0.3) is 0 Å². The van der Waals surface area contributed by atoms with Crippen molar-refractivity contribution in [2.45, 2.75) is 44.6 Å². The maximum atomic E-state index is 12.3. The van der Waals surface area contributed by atoms with Crippen LogP contribution in [0.3, 0.4) is 0 Å². The number of nitrogen functional groups attached to an aromatic ring is 1. The summed E-state index contributed by atoms with van der Waals surface area (Å²) in [6, 6.07) is 15.3. The van der Waals surface area contributed by atoms with Crippen LogP contribution in [0.25, 0.3) is 0 Å². The quantitative estimate of drug-likeness (QED) is 0.355. The number of carboxylic acid groups (broad SMARTS) is 2. The van der Waals surface area contributed by atoms with E-state index in [4.69, 9.17) is 16.6 Å². The molecule has 0 unspecified atom stereocenters. The lowest BCUT2D eigenvalue weighted by Crippen LogP contribution is -2.45. The van der Waals surface area contributed by atoms with Gasteiger partial charge >= 0.3 is 11.9 Å². The van der Waals surface area contributed by atoms with E-state index < -0.39 is 18.0 Å². The van der Waals surface area contributed by atoms with Gasteiger partial charge in [0.1, 0.15) is 6.04 Å². The minimum atomic E-state index is -0.993. The Labute approximate surface area is 206 Å². The molecular formula is C25H34ClN3O5. The van der Waals surface area contributed by atoms with Crippen molar-refractivity contribution >= 4 is 35.9 Å². The molecule has 7 N–H and O–H groups in total. The Balaban J connectivity index is 0.000000407. The summed E-state index contributed by atoms with van der Waals surface area (Å²) in [5.74, 6) is -1.54. The number of anilines is 1. The third kappa shape index (κ3) is 10.2. The lowest BCUT2D eigenvalue weighted by Gasteiger charge is -2.27. The number of nitrogens with one attached hydrogen (secondary N) is 1. The molecule has 9 heteroatoms. The van der Waals surface area contributed by atoms with Gasteiger partial charge in [-0.2, -0.15) is 0 Å². The topological polar surface area (TPSA) is 156 Å². The lowest BCUT2D eigenvalue weighted by molar-refractivity contribution is -0.142. The SMILES string of the molecule is Cl.NCC1CCC(C(=O)N[C@@H](Cc2ccccc2)C(=O)O)CC1.Nc1ccc(CC(=O)O)cc1. The zero-order valence-corrected chi connectivity index (χ0v) is 19.9. The first kappa shape index (κ1) is 28.9. The van der Waals surface area contributed by atoms with Crippen LogP contribution in [0.5, 0.6) is 0 Å². The fourth-order valence-electron chi connectivity index (χ4n) is 3.81. The van der Waals surface area contributed by atoms with Gasteiger partial charge in [-0.05, 0) is 61.4 Å². The summed E-state index contributed by atoms with van der Waals surface area (Å²) in [5, 5.41) is 20.4. The maximum Gasteiger partial charge on any atom is 0.326 e. The van der Waals surface area contributed by atoms with E-state index in [0.717, 1.165) is 36.8 Å². The Hall–Kier alpha value is -3.10. The standard InChI is InChI=1S/C17H24N2O3.C8H9NO2.ClH/c18-11-13-6-8-14(9-7-13)16(20)19-15(17(21)22)10-12-4-2-1-3-5-12;9-7-3-1-6(2-4-7)5-8(10)11;/h1-5,13-15H,6-11,18H2,(H,19,20)(H,21,22);1-4H,5,9H2,(H,10,11);1H/t13?,14?,15-;;/m0../s1. The molecule has 1 saturated carbocycles. The molecular weight excluding hydrogens is 458 g/mol. The zero-order chi connectivity index (χ0) is 24.2. The number of carboxylic acids is 2. The first-order valence-corrected chi connectivity index (χ1v) is 11.1. The summed E-state index contributed by atoms with van der Waals surface area (Å²) in [6.07, 6.45) is 3.85. The Bertz CT molecular complexity index is 901. The number of amides is 1. The minimum Gasteiger partial charge on any atom is -0.481 e. The van der Waals surface area contributed by atoms with E-state index in [1.165, 1.54) is 0 Å². The van der Waals surface area contributed by atoms with Gasteiger partial charge in [-0.1, -0.05) is 42.5 Å². The largest absolute Gasteiger partial charge is 0.481 e. The van der Waals surface area contributed by atoms with Crippen LogP contribution in [0.2, 0.25) is 0 Å². The number of hydrogen-bond acceptors (Lipinski definition) is 5.